The van der Waals surface area contributed by atoms with Gasteiger partial charge in [0, 0.05) is 6.42 Å². The van der Waals surface area contributed by atoms with Gasteiger partial charge in [-0.3, -0.25) is 9.59 Å². The van der Waals surface area contributed by atoms with Crippen LogP contribution < -0.4 is 0 Å². The number of ketones is 2. The highest BCUT2D eigenvalue weighted by Crippen LogP contribution is 2.14. The fourth-order valence-corrected chi connectivity index (χ4v) is 1.38. The molecular weight excluding hydrogens is 164 g/mol. The van der Waals surface area contributed by atoms with Gasteiger partial charge in [0.2, 0.25) is 11.6 Å². The van der Waals surface area contributed by atoms with Crippen LogP contribution in [0.2, 0.25) is 0 Å². The van der Waals surface area contributed by atoms with Gasteiger partial charge in [0.25, 0.3) is 0 Å². The number of rotatable bonds is 0. The molecule has 0 saturated carbocycles. The van der Waals surface area contributed by atoms with E-state index < -0.39 is 5.78 Å². The molecule has 0 amide bonds. The lowest BCUT2D eigenvalue weighted by Crippen LogP contribution is -2.12. The van der Waals surface area contributed by atoms with Gasteiger partial charge in [0.1, 0.15) is 0 Å². The van der Waals surface area contributed by atoms with Crippen LogP contribution in [0.4, 0.5) is 0 Å². The Bertz CT molecular complexity index is 402. The molecule has 0 atom stereocenters. The Morgan fingerprint density at radius 3 is 2.62 bits per heavy atom. The Hall–Kier alpha value is -1.70. The van der Waals surface area contributed by atoms with Gasteiger partial charge in [-0.15, -0.1) is 0 Å². The fraction of sp³-hybridized carbons (Fsp3) is 0.0909. The molecule has 1 aromatic carbocycles. The molecule has 0 radical (unpaired) electrons. The Labute approximate surface area is 75.9 Å². The highest BCUT2D eigenvalue weighted by atomic mass is 16.2. The molecule has 0 spiro atoms. The van der Waals surface area contributed by atoms with E-state index in [4.69, 9.17) is 0 Å². The zero-order valence-electron chi connectivity index (χ0n) is 6.99. The fourth-order valence-electron chi connectivity index (χ4n) is 1.38. The molecule has 0 N–H and O–H groups in total. The number of allylic oxidation sites excluding steroid dienone is 1. The standard InChI is InChI=1S/C11H8O2/c12-10-6-5-8-3-1-2-4-9(8)7-11(10)13/h1-6H,7H2. The summed E-state index contributed by atoms with van der Waals surface area (Å²) in [5.74, 6) is -0.739. The van der Waals surface area contributed by atoms with E-state index in [1.54, 1.807) is 6.08 Å². The number of carbonyl (C=O) groups is 2. The first kappa shape index (κ1) is 7.92. The van der Waals surface area contributed by atoms with E-state index in [1.807, 2.05) is 24.3 Å². The first-order valence-electron chi connectivity index (χ1n) is 4.10. The summed E-state index contributed by atoms with van der Waals surface area (Å²) in [7, 11) is 0. The van der Waals surface area contributed by atoms with Crippen LogP contribution in [-0.2, 0) is 16.0 Å². The third-order valence-electron chi connectivity index (χ3n) is 2.10. The van der Waals surface area contributed by atoms with Gasteiger partial charge in [-0.25, -0.2) is 0 Å². The van der Waals surface area contributed by atoms with Crippen LogP contribution in [0.25, 0.3) is 6.08 Å². The van der Waals surface area contributed by atoms with Crippen molar-refractivity contribution in [3.63, 3.8) is 0 Å². The minimum Gasteiger partial charge on any atom is -0.290 e. The number of hydrogen-bond donors (Lipinski definition) is 0. The maximum Gasteiger partial charge on any atom is 0.221 e. The SMILES string of the molecule is O=C1C=Cc2ccccc2CC1=O. The van der Waals surface area contributed by atoms with Gasteiger partial charge in [-0.05, 0) is 17.2 Å². The van der Waals surface area contributed by atoms with Crippen LogP contribution in [0.15, 0.2) is 30.3 Å². The monoisotopic (exact) mass is 172 g/mol. The summed E-state index contributed by atoms with van der Waals surface area (Å²) >= 11 is 0. The molecule has 1 aromatic rings. The summed E-state index contributed by atoms with van der Waals surface area (Å²) < 4.78 is 0. The first-order valence-corrected chi connectivity index (χ1v) is 4.10. The lowest BCUT2D eigenvalue weighted by atomic mass is 10.0. The average Bonchev–Trinajstić information content (AvgIpc) is 2.28. The Balaban J connectivity index is 2.52. The van der Waals surface area contributed by atoms with Crippen LogP contribution in [0, 0.1) is 0 Å². The van der Waals surface area contributed by atoms with Crippen molar-refractivity contribution < 1.29 is 9.59 Å². The van der Waals surface area contributed by atoms with Crippen molar-refractivity contribution in [1.29, 1.82) is 0 Å². The van der Waals surface area contributed by atoms with Crippen molar-refractivity contribution in [1.82, 2.24) is 0 Å². The van der Waals surface area contributed by atoms with Crippen molar-refractivity contribution in [2.75, 3.05) is 0 Å². The number of benzene rings is 1. The molecule has 2 heteroatoms. The normalized spacial score (nSPS) is 15.4. The molecule has 0 heterocycles. The summed E-state index contributed by atoms with van der Waals surface area (Å²) in [6, 6.07) is 7.53. The molecule has 0 fully saturated rings. The summed E-state index contributed by atoms with van der Waals surface area (Å²) in [5.41, 5.74) is 1.89. The molecule has 1 aliphatic carbocycles. The molecule has 13 heavy (non-hydrogen) atoms. The molecule has 0 saturated heterocycles. The molecule has 0 aromatic heterocycles. The van der Waals surface area contributed by atoms with Gasteiger partial charge in [-0.2, -0.15) is 0 Å². The lowest BCUT2D eigenvalue weighted by molar-refractivity contribution is -0.133. The molecule has 0 aliphatic heterocycles. The van der Waals surface area contributed by atoms with E-state index in [1.165, 1.54) is 6.08 Å². The maximum absolute atomic E-state index is 11.2. The van der Waals surface area contributed by atoms with Crippen molar-refractivity contribution >= 4 is 17.6 Å². The summed E-state index contributed by atoms with van der Waals surface area (Å²) in [6.45, 7) is 0. The predicted octanol–water partition coefficient (Wildman–Crippen LogP) is 1.39. The molecule has 2 rings (SSSR count). The quantitative estimate of drug-likeness (QED) is 0.554. The molecule has 1 aliphatic rings. The molecule has 64 valence electrons. The molecule has 2 nitrogen and oxygen atoms in total. The second-order valence-electron chi connectivity index (χ2n) is 3.00. The van der Waals surface area contributed by atoms with Crippen molar-refractivity contribution in [3.05, 3.63) is 41.5 Å². The Morgan fingerprint density at radius 1 is 1.00 bits per heavy atom. The predicted molar refractivity (Wildman–Crippen MR) is 49.2 cm³/mol. The zero-order valence-corrected chi connectivity index (χ0v) is 6.99. The van der Waals surface area contributed by atoms with E-state index in [9.17, 15) is 9.59 Å². The van der Waals surface area contributed by atoms with Gasteiger partial charge >= 0.3 is 0 Å². The van der Waals surface area contributed by atoms with E-state index in [0.29, 0.717) is 0 Å². The second kappa shape index (κ2) is 2.98. The molecule has 0 unspecified atom stereocenters. The lowest BCUT2D eigenvalue weighted by Gasteiger charge is -1.99. The van der Waals surface area contributed by atoms with E-state index in [-0.39, 0.29) is 12.2 Å². The summed E-state index contributed by atoms with van der Waals surface area (Å²) in [4.78, 5) is 22.2. The number of hydrogen-bond acceptors (Lipinski definition) is 2. The zero-order chi connectivity index (χ0) is 9.26. The largest absolute Gasteiger partial charge is 0.290 e. The average molecular weight is 172 g/mol. The highest BCUT2D eigenvalue weighted by molar-refractivity contribution is 6.43. The van der Waals surface area contributed by atoms with E-state index in [0.717, 1.165) is 11.1 Å². The van der Waals surface area contributed by atoms with Crippen LogP contribution in [0.5, 0.6) is 0 Å². The van der Waals surface area contributed by atoms with Gasteiger partial charge in [0.15, 0.2) is 0 Å². The van der Waals surface area contributed by atoms with E-state index >= 15 is 0 Å². The van der Waals surface area contributed by atoms with Crippen LogP contribution >= 0.6 is 0 Å². The smallest absolute Gasteiger partial charge is 0.221 e. The maximum atomic E-state index is 11.2. The number of carbonyl (C=O) groups excluding carboxylic acids is 2. The van der Waals surface area contributed by atoms with Gasteiger partial charge < -0.3 is 0 Å². The third kappa shape index (κ3) is 1.43. The third-order valence-corrected chi connectivity index (χ3v) is 2.10. The molecule has 0 bridgehead atoms. The first-order chi connectivity index (χ1) is 6.27. The Kier molecular flexibility index (Phi) is 1.81. The number of fused-ring (bicyclic) bond motifs is 1. The van der Waals surface area contributed by atoms with Crippen LogP contribution in [0.3, 0.4) is 0 Å². The van der Waals surface area contributed by atoms with Crippen LogP contribution in [0.1, 0.15) is 11.1 Å². The van der Waals surface area contributed by atoms with Crippen molar-refractivity contribution in [3.8, 4) is 0 Å². The topological polar surface area (TPSA) is 34.1 Å². The summed E-state index contributed by atoms with van der Waals surface area (Å²) in [6.07, 6.45) is 3.26. The summed E-state index contributed by atoms with van der Waals surface area (Å²) in [5, 5.41) is 0. The minimum absolute atomic E-state index is 0.224. The van der Waals surface area contributed by atoms with Crippen molar-refractivity contribution in [2.24, 2.45) is 0 Å². The van der Waals surface area contributed by atoms with Gasteiger partial charge in [-0.1, -0.05) is 30.3 Å². The molecular formula is C11H8O2. The second-order valence-corrected chi connectivity index (χ2v) is 3.00. The Morgan fingerprint density at radius 2 is 1.77 bits per heavy atom. The highest BCUT2D eigenvalue weighted by Gasteiger charge is 2.15. The van der Waals surface area contributed by atoms with Crippen LogP contribution in [-0.4, -0.2) is 11.6 Å². The van der Waals surface area contributed by atoms with Gasteiger partial charge in [0.05, 0.1) is 0 Å². The minimum atomic E-state index is -0.406. The van der Waals surface area contributed by atoms with Crippen molar-refractivity contribution in [2.45, 2.75) is 6.42 Å². The van der Waals surface area contributed by atoms with E-state index in [2.05, 4.69) is 0 Å². The number of Topliss-reactive ketones (excluding diaryl/α,β-unsaturated/α-hetero) is 1.